The van der Waals surface area contributed by atoms with Crippen molar-refractivity contribution in [1.82, 2.24) is 15.2 Å². The van der Waals surface area contributed by atoms with E-state index in [9.17, 15) is 19.2 Å². The monoisotopic (exact) mass is 676 g/mol. The van der Waals surface area contributed by atoms with E-state index in [2.05, 4.69) is 22.1 Å². The summed E-state index contributed by atoms with van der Waals surface area (Å²) in [5.41, 5.74) is 10.1. The van der Waals surface area contributed by atoms with Gasteiger partial charge in [0.2, 0.25) is 23.6 Å². The molecule has 0 radical (unpaired) electrons. The highest BCUT2D eigenvalue weighted by atomic mass is 35.5. The maximum absolute atomic E-state index is 14.3. The third kappa shape index (κ3) is 6.93. The summed E-state index contributed by atoms with van der Waals surface area (Å²) < 4.78 is 2.11. The zero-order valence-electron chi connectivity index (χ0n) is 26.8. The van der Waals surface area contributed by atoms with Gasteiger partial charge in [-0.1, -0.05) is 30.3 Å². The van der Waals surface area contributed by atoms with E-state index in [1.54, 1.807) is 35.0 Å². The van der Waals surface area contributed by atoms with Crippen molar-refractivity contribution in [3.8, 4) is 0 Å². The first-order chi connectivity index (χ1) is 22.0. The predicted molar refractivity (Wildman–Crippen MR) is 188 cm³/mol. The third-order valence-corrected chi connectivity index (χ3v) is 9.53. The quantitative estimate of drug-likeness (QED) is 0.231. The first-order valence-corrected chi connectivity index (χ1v) is 16.7. The number of rotatable bonds is 10. The molecule has 2 aliphatic heterocycles. The summed E-state index contributed by atoms with van der Waals surface area (Å²) in [6.07, 6.45) is 3.73. The lowest BCUT2D eigenvalue weighted by Gasteiger charge is -2.37. The molecular weight excluding hydrogens is 636 g/mol. The number of nitrogens with zero attached hydrogens (tertiary/aromatic N) is 3. The summed E-state index contributed by atoms with van der Waals surface area (Å²) in [5.74, 6) is -1.16. The van der Waals surface area contributed by atoms with Crippen LogP contribution < -0.4 is 26.2 Å². The number of benzene rings is 2. The minimum Gasteiger partial charge on any atom is -0.347 e. The molecular formula is C35H41ClN6O4S. The van der Waals surface area contributed by atoms with Gasteiger partial charge in [0.25, 0.3) is 0 Å². The van der Waals surface area contributed by atoms with Crippen LogP contribution in [0.5, 0.6) is 0 Å². The molecule has 4 N–H and O–H groups in total. The number of halogens is 1. The summed E-state index contributed by atoms with van der Waals surface area (Å²) in [7, 11) is 0. The first-order valence-electron chi connectivity index (χ1n) is 15.8. The Labute approximate surface area is 284 Å². The van der Waals surface area contributed by atoms with Crippen molar-refractivity contribution in [2.75, 3.05) is 16.3 Å². The number of aromatic nitrogens is 1. The molecule has 47 heavy (non-hydrogen) atoms. The molecule has 0 bridgehead atoms. The normalized spacial score (nSPS) is 17.0. The number of carbonyl (C=O) groups is 4. The molecule has 1 saturated heterocycles. The number of nitrogens with one attached hydrogen (secondary N) is 2. The number of fused-ring (bicyclic) bond motifs is 2. The highest BCUT2D eigenvalue weighted by molar-refractivity contribution is 7.07. The molecule has 0 spiro atoms. The Kier molecular flexibility index (Phi) is 10.1. The summed E-state index contributed by atoms with van der Waals surface area (Å²) in [6, 6.07) is 13.8. The summed E-state index contributed by atoms with van der Waals surface area (Å²) in [5, 5.41) is 10.8. The number of para-hydroxylation sites is 2. The number of anilines is 2. The van der Waals surface area contributed by atoms with Crippen LogP contribution in [0.3, 0.4) is 0 Å². The second-order valence-electron chi connectivity index (χ2n) is 12.7. The fourth-order valence-corrected chi connectivity index (χ4v) is 7.07. The third-order valence-electron chi connectivity index (χ3n) is 8.80. The van der Waals surface area contributed by atoms with Gasteiger partial charge in [-0.2, -0.15) is 11.3 Å². The summed E-state index contributed by atoms with van der Waals surface area (Å²) in [4.78, 5) is 57.7. The molecule has 1 unspecified atom stereocenters. The van der Waals surface area contributed by atoms with E-state index in [0.29, 0.717) is 25.2 Å². The average molecular weight is 677 g/mol. The van der Waals surface area contributed by atoms with E-state index < -0.39 is 29.4 Å². The van der Waals surface area contributed by atoms with Gasteiger partial charge < -0.3 is 30.7 Å². The van der Waals surface area contributed by atoms with Gasteiger partial charge in [0, 0.05) is 49.5 Å². The molecule has 2 aromatic carbocycles. The minimum atomic E-state index is -1.21. The van der Waals surface area contributed by atoms with Gasteiger partial charge in [-0.15, -0.1) is 12.4 Å². The Morgan fingerprint density at radius 1 is 1.11 bits per heavy atom. The lowest BCUT2D eigenvalue weighted by Crippen LogP contribution is -2.60. The minimum absolute atomic E-state index is 0. The smallest absolute Gasteiger partial charge is 0.250 e. The number of aryl methyl sites for hydroxylation is 1. The fraction of sp³-hybridized carbons (Fsp3) is 0.371. The fourth-order valence-electron chi connectivity index (χ4n) is 6.41. The number of carbonyl (C=O) groups excluding carboxylic acids is 4. The zero-order valence-corrected chi connectivity index (χ0v) is 28.5. The Balaban J connectivity index is 0.00000433. The van der Waals surface area contributed by atoms with Crippen LogP contribution in [0.1, 0.15) is 50.3 Å². The van der Waals surface area contributed by atoms with Crippen molar-refractivity contribution < 1.29 is 19.2 Å². The lowest BCUT2D eigenvalue weighted by molar-refractivity contribution is -0.133. The predicted octanol–water partition coefficient (Wildman–Crippen LogP) is 4.31. The SMILES string of the molecule is CCn1cc(C[C@@H](NC(=O)C(C)(C)N)C(=O)NC2Cc3cccc(N4CCCC4=O)c3N(Cc3ccsc3)C2=O)c2ccccc21.Cl. The van der Waals surface area contributed by atoms with Gasteiger partial charge in [-0.25, -0.2) is 0 Å². The van der Waals surface area contributed by atoms with Crippen LogP contribution >= 0.6 is 23.7 Å². The van der Waals surface area contributed by atoms with Gasteiger partial charge >= 0.3 is 0 Å². The molecule has 0 aliphatic carbocycles. The molecule has 4 amide bonds. The van der Waals surface area contributed by atoms with Crippen molar-refractivity contribution >= 4 is 69.7 Å². The number of thiophene rings is 1. The molecule has 10 nitrogen and oxygen atoms in total. The highest BCUT2D eigenvalue weighted by Crippen LogP contribution is 2.40. The van der Waals surface area contributed by atoms with E-state index >= 15 is 0 Å². The standard InChI is InChI=1S/C35H40N6O4S.ClH/c1-4-39-20-24(25-10-5-6-11-28(25)39)18-26(38-34(45)35(2,3)36)32(43)37-27-17-23-9-7-12-29(40-15-8-13-30(40)42)31(23)41(33(27)44)19-22-14-16-46-21-22;/h5-7,9-12,14,16,20-21,26-27H,4,8,13,15,17-19,36H2,1-3H3,(H,37,43)(H,38,45);1H/t26-,27?;/m1./s1. The summed E-state index contributed by atoms with van der Waals surface area (Å²) in [6.45, 7) is 6.89. The van der Waals surface area contributed by atoms with Crippen molar-refractivity contribution in [2.45, 2.75) is 77.2 Å². The van der Waals surface area contributed by atoms with Gasteiger partial charge in [0.15, 0.2) is 0 Å². The van der Waals surface area contributed by atoms with Crippen LogP contribution in [0.4, 0.5) is 11.4 Å². The van der Waals surface area contributed by atoms with Crippen molar-refractivity contribution in [1.29, 1.82) is 0 Å². The van der Waals surface area contributed by atoms with E-state index in [-0.39, 0.29) is 37.1 Å². The average Bonchev–Trinajstić information content (AvgIpc) is 3.78. The van der Waals surface area contributed by atoms with Crippen molar-refractivity contribution in [2.24, 2.45) is 5.73 Å². The van der Waals surface area contributed by atoms with Crippen LogP contribution in [0.25, 0.3) is 10.9 Å². The maximum atomic E-state index is 14.3. The van der Waals surface area contributed by atoms with E-state index in [4.69, 9.17) is 5.73 Å². The molecule has 2 atom stereocenters. The number of hydrogen-bond donors (Lipinski definition) is 3. The van der Waals surface area contributed by atoms with Crippen LogP contribution in [-0.4, -0.2) is 52.4 Å². The molecule has 12 heteroatoms. The largest absolute Gasteiger partial charge is 0.347 e. The number of amides is 4. The maximum Gasteiger partial charge on any atom is 0.250 e. The van der Waals surface area contributed by atoms with Crippen LogP contribution in [-0.2, 0) is 45.1 Å². The molecule has 2 aromatic heterocycles. The van der Waals surface area contributed by atoms with Gasteiger partial charge in [0.1, 0.15) is 12.1 Å². The van der Waals surface area contributed by atoms with Gasteiger partial charge in [0.05, 0.1) is 23.5 Å². The Hall–Kier alpha value is -4.19. The van der Waals surface area contributed by atoms with Gasteiger partial charge in [-0.3, -0.25) is 19.2 Å². The van der Waals surface area contributed by atoms with Crippen LogP contribution in [0.15, 0.2) is 65.5 Å². The lowest BCUT2D eigenvalue weighted by atomic mass is 9.94. The van der Waals surface area contributed by atoms with E-state index in [1.165, 1.54) is 0 Å². The second-order valence-corrected chi connectivity index (χ2v) is 13.4. The Morgan fingerprint density at radius 2 is 1.89 bits per heavy atom. The molecule has 0 saturated carbocycles. The topological polar surface area (TPSA) is 130 Å². The molecule has 6 rings (SSSR count). The van der Waals surface area contributed by atoms with Crippen molar-refractivity contribution in [3.63, 3.8) is 0 Å². The number of nitrogens with two attached hydrogens (primary N) is 1. The van der Waals surface area contributed by atoms with Gasteiger partial charge in [-0.05, 0) is 72.8 Å². The van der Waals surface area contributed by atoms with Crippen LogP contribution in [0, 0.1) is 0 Å². The Morgan fingerprint density at radius 3 is 2.57 bits per heavy atom. The first kappa shape index (κ1) is 34.2. The molecule has 4 heterocycles. The highest BCUT2D eigenvalue weighted by Gasteiger charge is 2.39. The Bertz CT molecular complexity index is 1800. The van der Waals surface area contributed by atoms with E-state index in [0.717, 1.165) is 46.2 Å². The molecule has 4 aromatic rings. The molecule has 1 fully saturated rings. The van der Waals surface area contributed by atoms with Crippen molar-refractivity contribution in [3.05, 3.63) is 82.2 Å². The summed E-state index contributed by atoms with van der Waals surface area (Å²) >= 11 is 1.54. The second kappa shape index (κ2) is 13.9. The van der Waals surface area contributed by atoms with Crippen LogP contribution in [0.2, 0.25) is 0 Å². The van der Waals surface area contributed by atoms with E-state index in [1.807, 2.05) is 65.5 Å². The number of hydrogen-bond acceptors (Lipinski definition) is 6. The zero-order chi connectivity index (χ0) is 32.6. The molecule has 2 aliphatic rings. The molecule has 248 valence electrons.